The zero-order valence-corrected chi connectivity index (χ0v) is 14.2. The first-order valence-corrected chi connectivity index (χ1v) is 7.99. The summed E-state index contributed by atoms with van der Waals surface area (Å²) >= 11 is 5.87. The molecule has 0 unspecified atom stereocenters. The standard InChI is InChI=1S/C18H21ClN2O3/c1-24-17(15-5-7-16(19)8-6-15)11-21-18(23)20-10-13-3-2-4-14(9-13)12-22/h2-9,17,22H,10-12H2,1H3,(H2,20,21,23)/t17-/m1/s1. The summed E-state index contributed by atoms with van der Waals surface area (Å²) < 4.78 is 5.41. The fraction of sp³-hybridized carbons (Fsp3) is 0.278. The number of halogens is 1. The monoisotopic (exact) mass is 348 g/mol. The van der Waals surface area contributed by atoms with Gasteiger partial charge in [0.25, 0.3) is 0 Å². The van der Waals surface area contributed by atoms with Gasteiger partial charge in [-0.2, -0.15) is 0 Å². The van der Waals surface area contributed by atoms with Crippen LogP contribution < -0.4 is 10.6 Å². The Bertz CT molecular complexity index is 662. The second-order valence-electron chi connectivity index (χ2n) is 5.32. The molecule has 128 valence electrons. The molecule has 0 heterocycles. The molecule has 0 radical (unpaired) electrons. The van der Waals surface area contributed by atoms with Gasteiger partial charge in [-0.15, -0.1) is 0 Å². The molecule has 24 heavy (non-hydrogen) atoms. The van der Waals surface area contributed by atoms with Crippen molar-refractivity contribution in [1.29, 1.82) is 0 Å². The van der Waals surface area contributed by atoms with Crippen molar-refractivity contribution in [3.63, 3.8) is 0 Å². The number of rotatable bonds is 7. The van der Waals surface area contributed by atoms with Crippen LogP contribution in [-0.2, 0) is 17.9 Å². The molecule has 5 nitrogen and oxygen atoms in total. The van der Waals surface area contributed by atoms with E-state index in [0.29, 0.717) is 18.1 Å². The average molecular weight is 349 g/mol. The van der Waals surface area contributed by atoms with Crippen LogP contribution in [0.3, 0.4) is 0 Å². The van der Waals surface area contributed by atoms with Crippen LogP contribution in [0.1, 0.15) is 22.8 Å². The van der Waals surface area contributed by atoms with Gasteiger partial charge in [0.15, 0.2) is 0 Å². The van der Waals surface area contributed by atoms with E-state index in [1.807, 2.05) is 36.4 Å². The normalized spacial score (nSPS) is 11.8. The molecule has 2 rings (SSSR count). The number of aliphatic hydroxyl groups excluding tert-OH is 1. The molecule has 0 saturated carbocycles. The quantitative estimate of drug-likeness (QED) is 0.720. The third kappa shape index (κ3) is 5.53. The number of aliphatic hydroxyl groups is 1. The molecule has 0 spiro atoms. The molecule has 0 fully saturated rings. The molecule has 0 aliphatic rings. The Morgan fingerprint density at radius 1 is 1.17 bits per heavy atom. The van der Waals surface area contributed by atoms with Gasteiger partial charge < -0.3 is 20.5 Å². The second-order valence-corrected chi connectivity index (χ2v) is 5.75. The predicted molar refractivity (Wildman–Crippen MR) is 93.8 cm³/mol. The minimum absolute atomic E-state index is 0.0172. The topological polar surface area (TPSA) is 70.6 Å². The number of ether oxygens (including phenoxy) is 1. The first-order valence-electron chi connectivity index (χ1n) is 7.61. The number of benzene rings is 2. The van der Waals surface area contributed by atoms with Crippen molar-refractivity contribution >= 4 is 17.6 Å². The maximum Gasteiger partial charge on any atom is 0.315 e. The minimum atomic E-state index is -0.277. The predicted octanol–water partition coefficient (Wildman–Crippen LogP) is 3.02. The van der Waals surface area contributed by atoms with E-state index in [1.165, 1.54) is 0 Å². The summed E-state index contributed by atoms with van der Waals surface area (Å²) in [6, 6.07) is 14.5. The molecule has 0 aromatic heterocycles. The van der Waals surface area contributed by atoms with Crippen molar-refractivity contribution in [3.8, 4) is 0 Å². The SMILES string of the molecule is CO[C@H](CNC(=O)NCc1cccc(CO)c1)c1ccc(Cl)cc1. The Morgan fingerprint density at radius 3 is 2.54 bits per heavy atom. The third-order valence-corrected chi connectivity index (χ3v) is 3.85. The van der Waals surface area contributed by atoms with E-state index >= 15 is 0 Å². The summed E-state index contributed by atoms with van der Waals surface area (Å²) in [6.07, 6.45) is -0.245. The van der Waals surface area contributed by atoms with Crippen LogP contribution in [-0.4, -0.2) is 24.8 Å². The lowest BCUT2D eigenvalue weighted by molar-refractivity contribution is 0.104. The van der Waals surface area contributed by atoms with Gasteiger partial charge in [-0.3, -0.25) is 0 Å². The lowest BCUT2D eigenvalue weighted by Gasteiger charge is -2.17. The Hall–Kier alpha value is -2.08. The van der Waals surface area contributed by atoms with Gasteiger partial charge in [-0.05, 0) is 28.8 Å². The molecule has 3 N–H and O–H groups in total. The van der Waals surface area contributed by atoms with E-state index < -0.39 is 0 Å². The summed E-state index contributed by atoms with van der Waals surface area (Å²) in [7, 11) is 1.60. The molecule has 2 aromatic carbocycles. The van der Waals surface area contributed by atoms with Crippen LogP contribution in [0.25, 0.3) is 0 Å². The van der Waals surface area contributed by atoms with Gasteiger partial charge in [-0.25, -0.2) is 4.79 Å². The van der Waals surface area contributed by atoms with Gasteiger partial charge in [-0.1, -0.05) is 48.0 Å². The smallest absolute Gasteiger partial charge is 0.315 e. The Kier molecular flexibility index (Phi) is 7.06. The second kappa shape index (κ2) is 9.27. The fourth-order valence-electron chi connectivity index (χ4n) is 2.28. The Labute approximate surface area is 146 Å². The summed E-state index contributed by atoms with van der Waals surface area (Å²) in [4.78, 5) is 11.9. The van der Waals surface area contributed by atoms with E-state index in [4.69, 9.17) is 21.4 Å². The van der Waals surface area contributed by atoms with Crippen LogP contribution in [0.15, 0.2) is 48.5 Å². The van der Waals surface area contributed by atoms with Crippen LogP contribution >= 0.6 is 11.6 Å². The maximum absolute atomic E-state index is 11.9. The van der Waals surface area contributed by atoms with Crippen molar-refractivity contribution in [1.82, 2.24) is 10.6 Å². The van der Waals surface area contributed by atoms with E-state index in [-0.39, 0.29) is 18.7 Å². The highest BCUT2D eigenvalue weighted by atomic mass is 35.5. The maximum atomic E-state index is 11.9. The van der Waals surface area contributed by atoms with Crippen LogP contribution in [0.2, 0.25) is 5.02 Å². The molecule has 6 heteroatoms. The van der Waals surface area contributed by atoms with E-state index in [1.54, 1.807) is 19.2 Å². The van der Waals surface area contributed by atoms with Crippen LogP contribution in [0.5, 0.6) is 0 Å². The van der Waals surface area contributed by atoms with Crippen molar-refractivity contribution in [2.75, 3.05) is 13.7 Å². The van der Waals surface area contributed by atoms with Crippen molar-refractivity contribution < 1.29 is 14.6 Å². The number of carbonyl (C=O) groups excluding carboxylic acids is 1. The highest BCUT2D eigenvalue weighted by Crippen LogP contribution is 2.18. The highest BCUT2D eigenvalue weighted by Gasteiger charge is 2.12. The van der Waals surface area contributed by atoms with Crippen molar-refractivity contribution in [2.45, 2.75) is 19.3 Å². The van der Waals surface area contributed by atoms with Crippen molar-refractivity contribution in [2.24, 2.45) is 0 Å². The summed E-state index contributed by atoms with van der Waals surface area (Å²) in [6.45, 7) is 0.718. The Balaban J connectivity index is 1.82. The van der Waals surface area contributed by atoms with Crippen LogP contribution in [0, 0.1) is 0 Å². The van der Waals surface area contributed by atoms with Gasteiger partial charge in [0.1, 0.15) is 0 Å². The molecular formula is C18H21ClN2O3. The summed E-state index contributed by atoms with van der Waals surface area (Å²) in [5, 5.41) is 15.3. The summed E-state index contributed by atoms with van der Waals surface area (Å²) in [5.74, 6) is 0. The van der Waals surface area contributed by atoms with E-state index in [2.05, 4.69) is 10.6 Å². The lowest BCUT2D eigenvalue weighted by atomic mass is 10.1. The first-order chi connectivity index (χ1) is 11.6. The minimum Gasteiger partial charge on any atom is -0.392 e. The van der Waals surface area contributed by atoms with Crippen molar-refractivity contribution in [3.05, 3.63) is 70.2 Å². The fourth-order valence-corrected chi connectivity index (χ4v) is 2.41. The van der Waals surface area contributed by atoms with Gasteiger partial charge in [0, 0.05) is 25.2 Å². The number of carbonyl (C=O) groups is 1. The van der Waals surface area contributed by atoms with Gasteiger partial charge >= 0.3 is 6.03 Å². The number of urea groups is 1. The van der Waals surface area contributed by atoms with Gasteiger partial charge in [0.2, 0.25) is 0 Å². The number of hydrogen-bond donors (Lipinski definition) is 3. The molecule has 0 bridgehead atoms. The molecule has 2 amide bonds. The van der Waals surface area contributed by atoms with E-state index in [0.717, 1.165) is 16.7 Å². The first kappa shape index (κ1) is 18.3. The number of nitrogens with one attached hydrogen (secondary N) is 2. The largest absolute Gasteiger partial charge is 0.392 e. The zero-order valence-electron chi connectivity index (χ0n) is 13.5. The number of methoxy groups -OCH3 is 1. The molecular weight excluding hydrogens is 328 g/mol. The lowest BCUT2D eigenvalue weighted by Crippen LogP contribution is -2.37. The van der Waals surface area contributed by atoms with E-state index in [9.17, 15) is 4.79 Å². The molecule has 2 aromatic rings. The molecule has 0 aliphatic heterocycles. The number of amides is 2. The molecule has 0 aliphatic carbocycles. The number of hydrogen-bond acceptors (Lipinski definition) is 3. The molecule has 1 atom stereocenters. The molecule has 0 saturated heterocycles. The highest BCUT2D eigenvalue weighted by molar-refractivity contribution is 6.30. The summed E-state index contributed by atoms with van der Waals surface area (Å²) in [5.41, 5.74) is 2.69. The zero-order chi connectivity index (χ0) is 17.4. The average Bonchev–Trinajstić information content (AvgIpc) is 2.62. The van der Waals surface area contributed by atoms with Gasteiger partial charge in [0.05, 0.1) is 12.7 Å². The Morgan fingerprint density at radius 2 is 1.88 bits per heavy atom. The van der Waals surface area contributed by atoms with Crippen LogP contribution in [0.4, 0.5) is 4.79 Å². The third-order valence-electron chi connectivity index (χ3n) is 3.60.